The van der Waals surface area contributed by atoms with Gasteiger partial charge >= 0.3 is 0 Å². The van der Waals surface area contributed by atoms with Gasteiger partial charge in [-0.2, -0.15) is 0 Å². The van der Waals surface area contributed by atoms with Crippen molar-refractivity contribution in [1.29, 1.82) is 0 Å². The lowest BCUT2D eigenvalue weighted by Gasteiger charge is -2.33. The molecular weight excluding hydrogens is 236 g/mol. The van der Waals surface area contributed by atoms with E-state index in [1.165, 1.54) is 5.69 Å². The lowest BCUT2D eigenvalue weighted by atomic mass is 9.75. The van der Waals surface area contributed by atoms with Gasteiger partial charge in [0.1, 0.15) is 0 Å². The Morgan fingerprint density at radius 1 is 1.37 bits per heavy atom. The number of hydrogen-bond acceptors (Lipinski definition) is 2. The monoisotopic (exact) mass is 256 g/mol. The molecule has 0 saturated carbocycles. The Hall–Kier alpha value is -1.61. The molecule has 3 nitrogen and oxygen atoms in total. The fourth-order valence-electron chi connectivity index (χ4n) is 3.04. The van der Waals surface area contributed by atoms with Crippen molar-refractivity contribution in [2.24, 2.45) is 5.41 Å². The number of aliphatic hydroxyl groups is 1. The molecule has 1 atom stereocenters. The topological polar surface area (TPSA) is 38.0 Å². The van der Waals surface area contributed by atoms with Crippen LogP contribution in [-0.2, 0) is 6.42 Å². The second-order valence-electron chi connectivity index (χ2n) is 6.37. The van der Waals surface area contributed by atoms with Crippen molar-refractivity contribution in [2.75, 3.05) is 0 Å². The van der Waals surface area contributed by atoms with E-state index in [1.807, 2.05) is 31.6 Å². The molecule has 3 rings (SSSR count). The van der Waals surface area contributed by atoms with Crippen molar-refractivity contribution in [2.45, 2.75) is 39.7 Å². The molecule has 0 aliphatic heterocycles. The number of pyridine rings is 1. The van der Waals surface area contributed by atoms with Gasteiger partial charge in [0.05, 0.1) is 18.0 Å². The molecule has 0 bridgehead atoms. The molecule has 1 aliphatic rings. The average molecular weight is 256 g/mol. The molecule has 0 radical (unpaired) electrons. The number of nitrogens with zero attached hydrogens (tertiary/aromatic N) is 2. The maximum absolute atomic E-state index is 10.3. The summed E-state index contributed by atoms with van der Waals surface area (Å²) in [6.07, 6.45) is 7.25. The third-order valence-corrected chi connectivity index (χ3v) is 3.92. The van der Waals surface area contributed by atoms with Crippen LogP contribution >= 0.6 is 0 Å². The van der Waals surface area contributed by atoms with Crippen LogP contribution in [-0.4, -0.2) is 14.7 Å². The van der Waals surface area contributed by atoms with Gasteiger partial charge in [0.15, 0.2) is 0 Å². The number of hydrogen-bond donors (Lipinski definition) is 1. The minimum absolute atomic E-state index is 0.139. The first-order chi connectivity index (χ1) is 8.96. The minimum Gasteiger partial charge on any atom is -0.388 e. The summed E-state index contributed by atoms with van der Waals surface area (Å²) in [5, 5.41) is 10.3. The summed E-state index contributed by atoms with van der Waals surface area (Å²) in [4.78, 5) is 4.26. The maximum atomic E-state index is 10.3. The Morgan fingerprint density at radius 3 is 2.89 bits per heavy atom. The van der Waals surface area contributed by atoms with Gasteiger partial charge in [-0.1, -0.05) is 13.8 Å². The Kier molecular flexibility index (Phi) is 2.75. The van der Waals surface area contributed by atoms with Gasteiger partial charge < -0.3 is 9.67 Å². The highest BCUT2D eigenvalue weighted by Crippen LogP contribution is 2.41. The van der Waals surface area contributed by atoms with Crippen molar-refractivity contribution in [3.63, 3.8) is 0 Å². The van der Waals surface area contributed by atoms with Crippen LogP contribution in [0.1, 0.15) is 43.2 Å². The van der Waals surface area contributed by atoms with Gasteiger partial charge in [0, 0.05) is 23.7 Å². The summed E-state index contributed by atoms with van der Waals surface area (Å²) in [6, 6.07) is 4.17. The Labute approximate surface area is 113 Å². The molecule has 100 valence electrons. The molecule has 2 heterocycles. The number of aliphatic hydroxyl groups excluding tert-OH is 1. The van der Waals surface area contributed by atoms with Crippen LogP contribution in [0.2, 0.25) is 0 Å². The average Bonchev–Trinajstić information content (AvgIpc) is 2.71. The normalized spacial score (nSPS) is 21.2. The standard InChI is InChI=1S/C16H20N2O/c1-11-6-12(10-17-9-11)18-5-4-13-14(18)7-16(2,3)8-15(13)19/h4-6,9-10,15,19H,7-8H2,1-3H3. The lowest BCUT2D eigenvalue weighted by molar-refractivity contribution is 0.0987. The van der Waals surface area contributed by atoms with Crippen LogP contribution in [0.25, 0.3) is 5.69 Å². The van der Waals surface area contributed by atoms with E-state index < -0.39 is 0 Å². The fraction of sp³-hybridized carbons (Fsp3) is 0.438. The van der Waals surface area contributed by atoms with Crippen LogP contribution in [0.3, 0.4) is 0 Å². The van der Waals surface area contributed by atoms with Crippen LogP contribution in [0.15, 0.2) is 30.7 Å². The van der Waals surface area contributed by atoms with Crippen molar-refractivity contribution >= 4 is 0 Å². The molecule has 0 amide bonds. The lowest BCUT2D eigenvalue weighted by Crippen LogP contribution is -2.26. The second-order valence-corrected chi connectivity index (χ2v) is 6.37. The SMILES string of the molecule is Cc1cncc(-n2ccc3c2CC(C)(C)CC3O)c1. The molecule has 1 aliphatic carbocycles. The highest BCUT2D eigenvalue weighted by atomic mass is 16.3. The van der Waals surface area contributed by atoms with E-state index in [0.717, 1.165) is 29.7 Å². The third-order valence-electron chi connectivity index (χ3n) is 3.92. The first kappa shape index (κ1) is 12.4. The highest BCUT2D eigenvalue weighted by Gasteiger charge is 2.33. The highest BCUT2D eigenvalue weighted by molar-refractivity contribution is 5.40. The zero-order valence-electron chi connectivity index (χ0n) is 11.7. The second kappa shape index (κ2) is 4.20. The number of aromatic nitrogens is 2. The fourth-order valence-corrected chi connectivity index (χ4v) is 3.04. The molecule has 0 aromatic carbocycles. The summed E-state index contributed by atoms with van der Waals surface area (Å²) in [7, 11) is 0. The van der Waals surface area contributed by atoms with Crippen LogP contribution < -0.4 is 0 Å². The predicted octanol–water partition coefficient (Wildman–Crippen LogP) is 3.19. The quantitative estimate of drug-likeness (QED) is 0.851. The van der Waals surface area contributed by atoms with Gasteiger partial charge in [-0.15, -0.1) is 0 Å². The van der Waals surface area contributed by atoms with Crippen LogP contribution in [0.4, 0.5) is 0 Å². The summed E-state index contributed by atoms with van der Waals surface area (Å²) < 4.78 is 2.17. The molecule has 0 saturated heterocycles. The molecular formula is C16H20N2O. The number of aryl methyl sites for hydroxylation is 1. The number of fused-ring (bicyclic) bond motifs is 1. The predicted molar refractivity (Wildman–Crippen MR) is 75.4 cm³/mol. The molecule has 0 spiro atoms. The first-order valence-electron chi connectivity index (χ1n) is 6.76. The van der Waals surface area contributed by atoms with Crippen molar-refractivity contribution in [1.82, 2.24) is 9.55 Å². The van der Waals surface area contributed by atoms with E-state index in [4.69, 9.17) is 0 Å². The van der Waals surface area contributed by atoms with Crippen LogP contribution in [0.5, 0.6) is 0 Å². The van der Waals surface area contributed by atoms with E-state index in [2.05, 4.69) is 29.5 Å². The Balaban J connectivity index is 2.11. The Morgan fingerprint density at radius 2 is 2.16 bits per heavy atom. The summed E-state index contributed by atoms with van der Waals surface area (Å²) in [6.45, 7) is 6.47. The molecule has 0 fully saturated rings. The minimum atomic E-state index is -0.349. The van der Waals surface area contributed by atoms with E-state index in [9.17, 15) is 5.11 Å². The van der Waals surface area contributed by atoms with Gasteiger partial charge in [-0.05, 0) is 42.9 Å². The first-order valence-corrected chi connectivity index (χ1v) is 6.76. The molecule has 2 aromatic heterocycles. The molecule has 1 unspecified atom stereocenters. The summed E-state index contributed by atoms with van der Waals surface area (Å²) in [5.74, 6) is 0. The molecule has 3 heteroatoms. The van der Waals surface area contributed by atoms with E-state index in [1.54, 1.807) is 0 Å². The zero-order valence-corrected chi connectivity index (χ0v) is 11.7. The van der Waals surface area contributed by atoms with Crippen molar-refractivity contribution < 1.29 is 5.11 Å². The van der Waals surface area contributed by atoms with Crippen LogP contribution in [0, 0.1) is 12.3 Å². The van der Waals surface area contributed by atoms with E-state index in [0.29, 0.717) is 0 Å². The zero-order chi connectivity index (χ0) is 13.6. The largest absolute Gasteiger partial charge is 0.388 e. The summed E-state index contributed by atoms with van der Waals surface area (Å²) in [5.41, 5.74) is 4.65. The van der Waals surface area contributed by atoms with Gasteiger partial charge in [-0.25, -0.2) is 0 Å². The molecule has 19 heavy (non-hydrogen) atoms. The number of rotatable bonds is 1. The van der Waals surface area contributed by atoms with Gasteiger partial charge in [0.2, 0.25) is 0 Å². The molecule has 2 aromatic rings. The molecule has 1 N–H and O–H groups in total. The Bertz CT molecular complexity index is 613. The van der Waals surface area contributed by atoms with Crippen molar-refractivity contribution in [3.05, 3.63) is 47.5 Å². The van der Waals surface area contributed by atoms with Gasteiger partial charge in [0.25, 0.3) is 0 Å². The van der Waals surface area contributed by atoms with Gasteiger partial charge in [-0.3, -0.25) is 4.98 Å². The smallest absolute Gasteiger partial charge is 0.0812 e. The van der Waals surface area contributed by atoms with E-state index in [-0.39, 0.29) is 11.5 Å². The van der Waals surface area contributed by atoms with Crippen molar-refractivity contribution in [3.8, 4) is 5.69 Å². The summed E-state index contributed by atoms with van der Waals surface area (Å²) >= 11 is 0. The third kappa shape index (κ3) is 2.19. The maximum Gasteiger partial charge on any atom is 0.0812 e. The van der Waals surface area contributed by atoms with E-state index >= 15 is 0 Å².